The molecule has 120 valence electrons. The maximum absolute atomic E-state index is 12.3. The van der Waals surface area contributed by atoms with Gasteiger partial charge in [0.05, 0.1) is 11.6 Å². The summed E-state index contributed by atoms with van der Waals surface area (Å²) in [6.45, 7) is 0.224. The molecule has 1 fully saturated rings. The van der Waals surface area contributed by atoms with Crippen LogP contribution in [-0.2, 0) is 9.53 Å². The van der Waals surface area contributed by atoms with E-state index in [2.05, 4.69) is 5.32 Å². The summed E-state index contributed by atoms with van der Waals surface area (Å²) in [7, 11) is 0. The molecule has 1 aliphatic rings. The van der Waals surface area contributed by atoms with E-state index in [4.69, 9.17) is 20.8 Å². The van der Waals surface area contributed by atoms with Crippen LogP contribution >= 0.6 is 11.6 Å². The maximum atomic E-state index is 12.3. The molecule has 1 atom stereocenters. The molecule has 1 saturated heterocycles. The summed E-state index contributed by atoms with van der Waals surface area (Å²) < 4.78 is 10.6. The Morgan fingerprint density at radius 1 is 1.22 bits per heavy atom. The number of carboxylic acids is 1. The monoisotopic (exact) mass is 335 g/mol. The van der Waals surface area contributed by atoms with Crippen LogP contribution in [0.3, 0.4) is 0 Å². The fraction of sp³-hybridized carbons (Fsp3) is 0.250. The second kappa shape index (κ2) is 6.06. The van der Waals surface area contributed by atoms with Gasteiger partial charge >= 0.3 is 5.97 Å². The van der Waals surface area contributed by atoms with E-state index in [9.17, 15) is 14.7 Å². The Balaban J connectivity index is 1.82. The van der Waals surface area contributed by atoms with E-state index in [0.29, 0.717) is 16.3 Å². The standard InChI is InChI=1S/C16H14ClNO5/c17-11-4-2-1-3-10(11)12-5-6-13(23-12)14(19)18-16(15(20)21)7-8-22-9-16/h1-6H,7-9H2,(H,18,19)(H,20,21). The summed E-state index contributed by atoms with van der Waals surface area (Å²) in [6, 6.07) is 10.2. The minimum atomic E-state index is -1.41. The SMILES string of the molecule is O=C(NC1(C(=O)O)CCOC1)c1ccc(-c2ccccc2Cl)o1. The highest BCUT2D eigenvalue weighted by Gasteiger charge is 2.44. The van der Waals surface area contributed by atoms with Crippen LogP contribution in [0, 0.1) is 0 Å². The molecule has 1 aromatic carbocycles. The van der Waals surface area contributed by atoms with E-state index in [1.165, 1.54) is 6.07 Å². The third-order valence-electron chi connectivity index (χ3n) is 3.75. The number of benzene rings is 1. The molecule has 0 aliphatic carbocycles. The van der Waals surface area contributed by atoms with Crippen LogP contribution in [-0.4, -0.2) is 35.7 Å². The lowest BCUT2D eigenvalue weighted by Crippen LogP contribution is -2.55. The van der Waals surface area contributed by atoms with E-state index in [0.717, 1.165) is 0 Å². The summed E-state index contributed by atoms with van der Waals surface area (Å²) >= 11 is 6.09. The van der Waals surface area contributed by atoms with Gasteiger partial charge in [-0.05, 0) is 24.3 Å². The van der Waals surface area contributed by atoms with Crippen LogP contribution in [0.25, 0.3) is 11.3 Å². The second-order valence-corrected chi connectivity index (χ2v) is 5.69. The van der Waals surface area contributed by atoms with Crippen molar-refractivity contribution in [3.05, 3.63) is 47.2 Å². The van der Waals surface area contributed by atoms with Crippen LogP contribution in [0.5, 0.6) is 0 Å². The van der Waals surface area contributed by atoms with E-state index in [1.807, 2.05) is 0 Å². The fourth-order valence-electron chi connectivity index (χ4n) is 2.43. The number of carbonyl (C=O) groups is 2. The minimum absolute atomic E-state index is 0.0208. The first-order chi connectivity index (χ1) is 11.0. The molecule has 7 heteroatoms. The predicted molar refractivity (Wildman–Crippen MR) is 82.4 cm³/mol. The lowest BCUT2D eigenvalue weighted by molar-refractivity contribution is -0.144. The molecule has 0 saturated carbocycles. The normalized spacial score (nSPS) is 20.4. The highest BCUT2D eigenvalue weighted by atomic mass is 35.5. The molecule has 1 unspecified atom stereocenters. The van der Waals surface area contributed by atoms with Crippen molar-refractivity contribution in [2.45, 2.75) is 12.0 Å². The van der Waals surface area contributed by atoms with E-state index in [-0.39, 0.29) is 25.4 Å². The summed E-state index contributed by atoms with van der Waals surface area (Å²) in [5.74, 6) is -1.27. The Kier molecular flexibility index (Phi) is 4.11. The Morgan fingerprint density at radius 2 is 2.00 bits per heavy atom. The molecule has 1 aliphatic heterocycles. The van der Waals surface area contributed by atoms with Gasteiger partial charge in [-0.1, -0.05) is 23.7 Å². The van der Waals surface area contributed by atoms with Gasteiger partial charge in [0.15, 0.2) is 11.3 Å². The minimum Gasteiger partial charge on any atom is -0.479 e. The number of rotatable bonds is 4. The third-order valence-corrected chi connectivity index (χ3v) is 4.08. The van der Waals surface area contributed by atoms with Crippen LogP contribution in [0.2, 0.25) is 5.02 Å². The number of carboxylic acid groups (broad SMARTS) is 1. The van der Waals surface area contributed by atoms with E-state index >= 15 is 0 Å². The Bertz CT molecular complexity index is 748. The molecule has 1 aromatic heterocycles. The lowest BCUT2D eigenvalue weighted by atomic mass is 9.99. The number of ether oxygens (including phenoxy) is 1. The number of hydrogen-bond donors (Lipinski definition) is 2. The highest BCUT2D eigenvalue weighted by molar-refractivity contribution is 6.33. The molecular formula is C16H14ClNO5. The first-order valence-electron chi connectivity index (χ1n) is 7.00. The zero-order chi connectivity index (χ0) is 16.4. The molecule has 3 rings (SSSR count). The van der Waals surface area contributed by atoms with Crippen LogP contribution in [0.15, 0.2) is 40.8 Å². The van der Waals surface area contributed by atoms with Crippen molar-refractivity contribution in [1.82, 2.24) is 5.32 Å². The van der Waals surface area contributed by atoms with Gasteiger partial charge in [-0.3, -0.25) is 4.79 Å². The fourth-order valence-corrected chi connectivity index (χ4v) is 2.66. The smallest absolute Gasteiger partial charge is 0.331 e. The zero-order valence-electron chi connectivity index (χ0n) is 12.0. The summed E-state index contributed by atoms with van der Waals surface area (Å²) in [5.41, 5.74) is -0.751. The second-order valence-electron chi connectivity index (χ2n) is 5.29. The van der Waals surface area contributed by atoms with Crippen molar-refractivity contribution in [2.75, 3.05) is 13.2 Å². The number of amides is 1. The lowest BCUT2D eigenvalue weighted by Gasteiger charge is -2.22. The first-order valence-corrected chi connectivity index (χ1v) is 7.38. The Labute approximate surface area is 137 Å². The predicted octanol–water partition coefficient (Wildman–Crippen LogP) is 2.57. The summed E-state index contributed by atoms with van der Waals surface area (Å²) in [6.07, 6.45) is 0.214. The van der Waals surface area contributed by atoms with Gasteiger partial charge in [-0.15, -0.1) is 0 Å². The zero-order valence-corrected chi connectivity index (χ0v) is 12.8. The van der Waals surface area contributed by atoms with Gasteiger partial charge in [-0.2, -0.15) is 0 Å². The largest absolute Gasteiger partial charge is 0.479 e. The van der Waals surface area contributed by atoms with Crippen molar-refractivity contribution in [2.24, 2.45) is 0 Å². The van der Waals surface area contributed by atoms with Gasteiger partial charge in [0, 0.05) is 18.6 Å². The average Bonchev–Trinajstić information content (AvgIpc) is 3.17. The highest BCUT2D eigenvalue weighted by Crippen LogP contribution is 2.29. The third kappa shape index (κ3) is 2.95. The van der Waals surface area contributed by atoms with Crippen molar-refractivity contribution in [3.8, 4) is 11.3 Å². The average molecular weight is 336 g/mol. The summed E-state index contributed by atoms with van der Waals surface area (Å²) in [5, 5.41) is 12.3. The quantitative estimate of drug-likeness (QED) is 0.896. The van der Waals surface area contributed by atoms with Crippen molar-refractivity contribution in [3.63, 3.8) is 0 Å². The van der Waals surface area contributed by atoms with E-state index < -0.39 is 17.4 Å². The number of aliphatic carboxylic acids is 1. The number of carbonyl (C=O) groups excluding carboxylic acids is 1. The number of nitrogens with one attached hydrogen (secondary N) is 1. The molecule has 6 nitrogen and oxygen atoms in total. The molecule has 0 bridgehead atoms. The molecule has 1 amide bonds. The van der Waals surface area contributed by atoms with Gasteiger partial charge in [-0.25, -0.2) is 4.79 Å². The number of hydrogen-bond acceptors (Lipinski definition) is 4. The molecule has 2 N–H and O–H groups in total. The van der Waals surface area contributed by atoms with Crippen molar-refractivity contribution >= 4 is 23.5 Å². The van der Waals surface area contributed by atoms with Crippen LogP contribution < -0.4 is 5.32 Å². The van der Waals surface area contributed by atoms with Gasteiger partial charge < -0.3 is 19.6 Å². The topological polar surface area (TPSA) is 88.8 Å². The molecule has 2 heterocycles. The van der Waals surface area contributed by atoms with Crippen LogP contribution in [0.4, 0.5) is 0 Å². The Morgan fingerprint density at radius 3 is 2.65 bits per heavy atom. The van der Waals surface area contributed by atoms with Gasteiger partial charge in [0.2, 0.25) is 0 Å². The molecule has 0 spiro atoms. The number of furan rings is 1. The maximum Gasteiger partial charge on any atom is 0.331 e. The summed E-state index contributed by atoms with van der Waals surface area (Å²) in [4.78, 5) is 23.7. The van der Waals surface area contributed by atoms with Crippen LogP contribution in [0.1, 0.15) is 17.0 Å². The first kappa shape index (κ1) is 15.6. The van der Waals surface area contributed by atoms with Gasteiger partial charge in [0.25, 0.3) is 5.91 Å². The number of halogens is 1. The van der Waals surface area contributed by atoms with E-state index in [1.54, 1.807) is 30.3 Å². The van der Waals surface area contributed by atoms with Gasteiger partial charge in [0.1, 0.15) is 5.76 Å². The van der Waals surface area contributed by atoms with Crippen molar-refractivity contribution < 1.29 is 23.8 Å². The molecule has 0 radical (unpaired) electrons. The van der Waals surface area contributed by atoms with Crippen molar-refractivity contribution in [1.29, 1.82) is 0 Å². The molecule has 2 aromatic rings. The molecule has 23 heavy (non-hydrogen) atoms. The Hall–Kier alpha value is -2.31. The molecular weight excluding hydrogens is 322 g/mol.